The van der Waals surface area contributed by atoms with Crippen LogP contribution in [0.1, 0.15) is 43.0 Å². The molecule has 0 spiro atoms. The smallest absolute Gasteiger partial charge is 0.196 e. The zero-order valence-corrected chi connectivity index (χ0v) is 19.6. The Hall–Kier alpha value is -3.36. The van der Waals surface area contributed by atoms with Crippen LogP contribution in [0, 0.1) is 18.3 Å². The number of nitrogens with zero attached hydrogens (tertiary/aromatic N) is 4. The highest BCUT2D eigenvalue weighted by molar-refractivity contribution is 7.98. The maximum absolute atomic E-state index is 9.02. The van der Waals surface area contributed by atoms with E-state index in [9.17, 15) is 0 Å². The third-order valence-corrected chi connectivity index (χ3v) is 6.45. The van der Waals surface area contributed by atoms with E-state index in [1.807, 2.05) is 36.4 Å². The average Bonchev–Trinajstić information content (AvgIpc) is 3.21. The van der Waals surface area contributed by atoms with Gasteiger partial charge in [-0.1, -0.05) is 87.1 Å². The maximum atomic E-state index is 9.02. The minimum atomic E-state index is 0.102. The number of aryl methyl sites for hydroxylation is 1. The number of nitriles is 1. The standard InChI is InChI=1S/C27H26N4S/c1-19-7-5-6-8-24(19)31-25(22-13-15-23(16-14-22)27(2,3)4)29-30-26(31)32-18-21-11-9-20(17-28)10-12-21/h5-16H,18H2,1-4H3. The largest absolute Gasteiger partial charge is 0.270 e. The van der Waals surface area contributed by atoms with E-state index in [1.165, 1.54) is 11.1 Å². The van der Waals surface area contributed by atoms with Crippen LogP contribution in [-0.4, -0.2) is 14.8 Å². The van der Waals surface area contributed by atoms with Gasteiger partial charge in [0.05, 0.1) is 17.3 Å². The molecule has 0 amide bonds. The number of para-hydroxylation sites is 1. The molecule has 0 unspecified atom stereocenters. The molecule has 0 radical (unpaired) electrons. The molecule has 0 atom stereocenters. The van der Waals surface area contributed by atoms with Crippen molar-refractivity contribution in [1.29, 1.82) is 5.26 Å². The summed E-state index contributed by atoms with van der Waals surface area (Å²) < 4.78 is 2.15. The Labute approximate surface area is 193 Å². The van der Waals surface area contributed by atoms with Gasteiger partial charge < -0.3 is 0 Å². The molecule has 0 N–H and O–H groups in total. The fraction of sp³-hybridized carbons (Fsp3) is 0.222. The topological polar surface area (TPSA) is 54.5 Å². The van der Waals surface area contributed by atoms with Crippen molar-refractivity contribution in [3.63, 3.8) is 0 Å². The summed E-state index contributed by atoms with van der Waals surface area (Å²) in [6.07, 6.45) is 0. The van der Waals surface area contributed by atoms with Crippen molar-refractivity contribution in [2.24, 2.45) is 0 Å². The van der Waals surface area contributed by atoms with Crippen LogP contribution in [0.3, 0.4) is 0 Å². The van der Waals surface area contributed by atoms with Gasteiger partial charge in [-0.15, -0.1) is 10.2 Å². The first-order valence-electron chi connectivity index (χ1n) is 10.6. The lowest BCUT2D eigenvalue weighted by Gasteiger charge is -2.19. The zero-order chi connectivity index (χ0) is 22.7. The molecular weight excluding hydrogens is 412 g/mol. The molecule has 0 fully saturated rings. The van der Waals surface area contributed by atoms with E-state index in [-0.39, 0.29) is 5.41 Å². The Bertz CT molecular complexity index is 1260. The fourth-order valence-corrected chi connectivity index (χ4v) is 4.43. The van der Waals surface area contributed by atoms with E-state index < -0.39 is 0 Å². The van der Waals surface area contributed by atoms with Gasteiger partial charge in [0.1, 0.15) is 0 Å². The number of aromatic nitrogens is 3. The predicted molar refractivity (Wildman–Crippen MR) is 131 cm³/mol. The van der Waals surface area contributed by atoms with Crippen molar-refractivity contribution in [2.75, 3.05) is 0 Å². The lowest BCUT2D eigenvalue weighted by molar-refractivity contribution is 0.590. The molecule has 1 aromatic heterocycles. The number of benzene rings is 3. The van der Waals surface area contributed by atoms with E-state index in [0.29, 0.717) is 5.56 Å². The molecule has 4 rings (SSSR count). The second-order valence-electron chi connectivity index (χ2n) is 8.85. The molecule has 4 nitrogen and oxygen atoms in total. The number of rotatable bonds is 5. The third-order valence-electron chi connectivity index (χ3n) is 5.45. The van der Waals surface area contributed by atoms with Gasteiger partial charge in [0.15, 0.2) is 11.0 Å². The highest BCUT2D eigenvalue weighted by atomic mass is 32.2. The lowest BCUT2D eigenvalue weighted by Crippen LogP contribution is -2.10. The summed E-state index contributed by atoms with van der Waals surface area (Å²) in [6, 6.07) is 26.8. The van der Waals surface area contributed by atoms with Crippen LogP contribution in [0.25, 0.3) is 17.1 Å². The molecule has 5 heteroatoms. The van der Waals surface area contributed by atoms with Crippen molar-refractivity contribution < 1.29 is 0 Å². The number of thioether (sulfide) groups is 1. The van der Waals surface area contributed by atoms with Gasteiger partial charge in [0.25, 0.3) is 0 Å². The summed E-state index contributed by atoms with van der Waals surface area (Å²) in [6.45, 7) is 8.76. The van der Waals surface area contributed by atoms with E-state index in [0.717, 1.165) is 33.5 Å². The van der Waals surface area contributed by atoms with Gasteiger partial charge in [-0.3, -0.25) is 4.57 Å². The SMILES string of the molecule is Cc1ccccc1-n1c(SCc2ccc(C#N)cc2)nnc1-c1ccc(C(C)(C)C)cc1. The zero-order valence-electron chi connectivity index (χ0n) is 18.8. The molecule has 0 aliphatic carbocycles. The van der Waals surface area contributed by atoms with Crippen LogP contribution >= 0.6 is 11.8 Å². The molecular formula is C27H26N4S. The Morgan fingerprint density at radius 1 is 0.906 bits per heavy atom. The van der Waals surface area contributed by atoms with Gasteiger partial charge in [0, 0.05) is 11.3 Å². The van der Waals surface area contributed by atoms with Gasteiger partial charge >= 0.3 is 0 Å². The minimum absolute atomic E-state index is 0.102. The average molecular weight is 439 g/mol. The molecule has 4 aromatic rings. The van der Waals surface area contributed by atoms with Gasteiger partial charge in [-0.2, -0.15) is 5.26 Å². The van der Waals surface area contributed by atoms with Gasteiger partial charge in [-0.05, 0) is 47.2 Å². The Morgan fingerprint density at radius 2 is 1.59 bits per heavy atom. The van der Waals surface area contributed by atoms with Gasteiger partial charge in [0.2, 0.25) is 0 Å². The van der Waals surface area contributed by atoms with Crippen LogP contribution in [0.5, 0.6) is 0 Å². The second-order valence-corrected chi connectivity index (χ2v) is 9.80. The highest BCUT2D eigenvalue weighted by Crippen LogP contribution is 2.32. The Kier molecular flexibility index (Phi) is 6.16. The van der Waals surface area contributed by atoms with E-state index in [4.69, 9.17) is 5.26 Å². The van der Waals surface area contributed by atoms with E-state index >= 15 is 0 Å². The number of hydrogen-bond acceptors (Lipinski definition) is 4. The summed E-state index contributed by atoms with van der Waals surface area (Å²) >= 11 is 1.65. The van der Waals surface area contributed by atoms with Crippen LogP contribution in [0.15, 0.2) is 78.0 Å². The molecule has 1 heterocycles. The second kappa shape index (κ2) is 9.02. The van der Waals surface area contributed by atoms with Crippen molar-refractivity contribution in [3.05, 3.63) is 95.1 Å². The predicted octanol–water partition coefficient (Wildman–Crippen LogP) is 6.70. The van der Waals surface area contributed by atoms with Gasteiger partial charge in [-0.25, -0.2) is 0 Å². The van der Waals surface area contributed by atoms with Crippen LogP contribution < -0.4 is 0 Å². The first-order chi connectivity index (χ1) is 15.4. The van der Waals surface area contributed by atoms with Crippen molar-refractivity contribution >= 4 is 11.8 Å². The molecule has 0 aliphatic rings. The third kappa shape index (κ3) is 4.61. The summed E-state index contributed by atoms with van der Waals surface area (Å²) in [5.74, 6) is 1.58. The Balaban J connectivity index is 1.72. The van der Waals surface area contributed by atoms with Crippen LogP contribution in [-0.2, 0) is 11.2 Å². The summed E-state index contributed by atoms with van der Waals surface area (Å²) in [7, 11) is 0. The van der Waals surface area contributed by atoms with Crippen molar-refractivity contribution in [3.8, 4) is 23.1 Å². The number of hydrogen-bond donors (Lipinski definition) is 0. The van der Waals surface area contributed by atoms with E-state index in [2.05, 4.69) is 84.9 Å². The summed E-state index contributed by atoms with van der Waals surface area (Å²) in [5, 5.41) is 19.0. The molecule has 3 aromatic carbocycles. The first-order valence-corrected chi connectivity index (χ1v) is 11.6. The molecule has 32 heavy (non-hydrogen) atoms. The summed E-state index contributed by atoms with van der Waals surface area (Å²) in [4.78, 5) is 0. The first kappa shape index (κ1) is 21.9. The monoisotopic (exact) mass is 438 g/mol. The molecule has 0 saturated carbocycles. The molecule has 160 valence electrons. The fourth-order valence-electron chi connectivity index (χ4n) is 3.52. The molecule has 0 saturated heterocycles. The van der Waals surface area contributed by atoms with E-state index in [1.54, 1.807) is 11.8 Å². The van der Waals surface area contributed by atoms with Crippen LogP contribution in [0.2, 0.25) is 0 Å². The van der Waals surface area contributed by atoms with Crippen LogP contribution in [0.4, 0.5) is 0 Å². The lowest BCUT2D eigenvalue weighted by atomic mass is 9.87. The minimum Gasteiger partial charge on any atom is -0.270 e. The van der Waals surface area contributed by atoms with Crippen molar-refractivity contribution in [1.82, 2.24) is 14.8 Å². The maximum Gasteiger partial charge on any atom is 0.196 e. The highest BCUT2D eigenvalue weighted by Gasteiger charge is 2.19. The van der Waals surface area contributed by atoms with Crippen molar-refractivity contribution in [2.45, 2.75) is 44.0 Å². The normalized spacial score (nSPS) is 11.3. The molecule has 0 aliphatic heterocycles. The summed E-state index contributed by atoms with van der Waals surface area (Å²) in [5.41, 5.74) is 6.49. The quantitative estimate of drug-likeness (QED) is 0.325. The Morgan fingerprint density at radius 3 is 2.22 bits per heavy atom. The molecule has 0 bridgehead atoms.